The highest BCUT2D eigenvalue weighted by Crippen LogP contribution is 2.27. The van der Waals surface area contributed by atoms with Gasteiger partial charge in [0.25, 0.3) is 5.91 Å². The standard InChI is InChI=1S/C17H21N3O2S/c1-11-14(15(22)18-10-13(21)20-17(2,3)4)23-16(19-11)12-8-6-5-7-9-12/h5-9H,10H2,1-4H3,(H,18,22)(H,20,21). The van der Waals surface area contributed by atoms with Gasteiger partial charge in [0, 0.05) is 11.1 Å². The monoisotopic (exact) mass is 331 g/mol. The minimum Gasteiger partial charge on any atom is -0.350 e. The fourth-order valence-electron chi connectivity index (χ4n) is 2.01. The van der Waals surface area contributed by atoms with E-state index in [0.717, 1.165) is 10.6 Å². The molecule has 1 aromatic heterocycles. The van der Waals surface area contributed by atoms with Gasteiger partial charge in [0.15, 0.2) is 0 Å². The van der Waals surface area contributed by atoms with Crippen molar-refractivity contribution in [2.24, 2.45) is 0 Å². The van der Waals surface area contributed by atoms with Gasteiger partial charge in [-0.05, 0) is 27.7 Å². The van der Waals surface area contributed by atoms with E-state index < -0.39 is 0 Å². The third kappa shape index (κ3) is 4.89. The fraction of sp³-hybridized carbons (Fsp3) is 0.353. The average molecular weight is 331 g/mol. The number of rotatable bonds is 4. The van der Waals surface area contributed by atoms with Crippen LogP contribution < -0.4 is 10.6 Å². The van der Waals surface area contributed by atoms with Crippen LogP contribution in [0.3, 0.4) is 0 Å². The highest BCUT2D eigenvalue weighted by atomic mass is 32.1. The van der Waals surface area contributed by atoms with Crippen LogP contribution in [0, 0.1) is 6.92 Å². The maximum absolute atomic E-state index is 12.3. The van der Waals surface area contributed by atoms with E-state index >= 15 is 0 Å². The number of amides is 2. The number of aryl methyl sites for hydroxylation is 1. The molecule has 0 atom stereocenters. The number of hydrogen-bond donors (Lipinski definition) is 2. The second-order valence-corrected chi connectivity index (χ2v) is 7.28. The Kier molecular flexibility index (Phi) is 5.15. The minimum atomic E-state index is -0.317. The molecular formula is C17H21N3O2S. The molecule has 2 amide bonds. The van der Waals surface area contributed by atoms with Gasteiger partial charge in [0.2, 0.25) is 5.91 Å². The molecule has 2 N–H and O–H groups in total. The SMILES string of the molecule is Cc1nc(-c2ccccc2)sc1C(=O)NCC(=O)NC(C)(C)C. The summed E-state index contributed by atoms with van der Waals surface area (Å²) in [6.07, 6.45) is 0. The van der Waals surface area contributed by atoms with Crippen LogP contribution in [-0.2, 0) is 4.79 Å². The lowest BCUT2D eigenvalue weighted by atomic mass is 10.1. The molecule has 2 rings (SSSR count). The first-order chi connectivity index (χ1) is 10.8. The summed E-state index contributed by atoms with van der Waals surface area (Å²) in [6, 6.07) is 9.71. The Balaban J connectivity index is 2.03. The lowest BCUT2D eigenvalue weighted by Gasteiger charge is -2.20. The van der Waals surface area contributed by atoms with E-state index in [2.05, 4.69) is 15.6 Å². The Hall–Kier alpha value is -2.21. The quantitative estimate of drug-likeness (QED) is 0.905. The Morgan fingerprint density at radius 1 is 1.17 bits per heavy atom. The van der Waals surface area contributed by atoms with Crippen molar-refractivity contribution >= 4 is 23.2 Å². The van der Waals surface area contributed by atoms with E-state index in [0.29, 0.717) is 10.6 Å². The second-order valence-electron chi connectivity index (χ2n) is 6.28. The van der Waals surface area contributed by atoms with Crippen molar-refractivity contribution in [3.63, 3.8) is 0 Å². The zero-order valence-corrected chi connectivity index (χ0v) is 14.6. The van der Waals surface area contributed by atoms with Crippen molar-refractivity contribution in [2.45, 2.75) is 33.2 Å². The van der Waals surface area contributed by atoms with Crippen molar-refractivity contribution in [3.8, 4) is 10.6 Å². The number of carbonyl (C=O) groups is 2. The Morgan fingerprint density at radius 3 is 2.43 bits per heavy atom. The number of carbonyl (C=O) groups excluding carboxylic acids is 2. The third-order valence-electron chi connectivity index (χ3n) is 2.95. The van der Waals surface area contributed by atoms with Gasteiger partial charge in [0.1, 0.15) is 9.88 Å². The molecule has 0 unspecified atom stereocenters. The van der Waals surface area contributed by atoms with Crippen LogP contribution in [0.4, 0.5) is 0 Å². The summed E-state index contributed by atoms with van der Waals surface area (Å²) in [6.45, 7) is 7.44. The van der Waals surface area contributed by atoms with E-state index in [9.17, 15) is 9.59 Å². The molecule has 0 aliphatic carbocycles. The molecule has 0 fully saturated rings. The molecule has 23 heavy (non-hydrogen) atoms. The van der Waals surface area contributed by atoms with Gasteiger partial charge in [-0.25, -0.2) is 4.98 Å². The predicted octanol–water partition coefficient (Wildman–Crippen LogP) is 2.76. The van der Waals surface area contributed by atoms with Gasteiger partial charge < -0.3 is 10.6 Å². The average Bonchev–Trinajstić information content (AvgIpc) is 2.86. The minimum absolute atomic E-state index is 0.0475. The first kappa shape index (κ1) is 17.1. The summed E-state index contributed by atoms with van der Waals surface area (Å²) in [7, 11) is 0. The molecule has 0 radical (unpaired) electrons. The highest BCUT2D eigenvalue weighted by Gasteiger charge is 2.18. The molecule has 0 bridgehead atoms. The first-order valence-electron chi connectivity index (χ1n) is 7.38. The van der Waals surface area contributed by atoms with E-state index in [1.807, 2.05) is 51.1 Å². The topological polar surface area (TPSA) is 71.1 Å². The van der Waals surface area contributed by atoms with E-state index in [1.54, 1.807) is 6.92 Å². The number of thiazole rings is 1. The van der Waals surface area contributed by atoms with Crippen LogP contribution in [0.25, 0.3) is 10.6 Å². The molecular weight excluding hydrogens is 310 g/mol. The van der Waals surface area contributed by atoms with Crippen molar-refractivity contribution < 1.29 is 9.59 Å². The van der Waals surface area contributed by atoms with Crippen LogP contribution in [-0.4, -0.2) is 28.9 Å². The molecule has 1 heterocycles. The normalized spacial score (nSPS) is 11.1. The summed E-state index contributed by atoms with van der Waals surface area (Å²) in [5.74, 6) is -0.484. The number of nitrogens with one attached hydrogen (secondary N) is 2. The summed E-state index contributed by atoms with van der Waals surface area (Å²) in [5.41, 5.74) is 1.33. The third-order valence-corrected chi connectivity index (χ3v) is 4.15. The zero-order valence-electron chi connectivity index (χ0n) is 13.8. The van der Waals surface area contributed by atoms with Crippen molar-refractivity contribution in [3.05, 3.63) is 40.9 Å². The Morgan fingerprint density at radius 2 is 1.83 bits per heavy atom. The summed E-state index contributed by atoms with van der Waals surface area (Å²) >= 11 is 1.33. The van der Waals surface area contributed by atoms with Crippen LogP contribution in [0.2, 0.25) is 0 Å². The summed E-state index contributed by atoms with van der Waals surface area (Å²) < 4.78 is 0. The lowest BCUT2D eigenvalue weighted by molar-refractivity contribution is -0.121. The lowest BCUT2D eigenvalue weighted by Crippen LogP contribution is -2.45. The summed E-state index contributed by atoms with van der Waals surface area (Å²) in [5, 5.41) is 6.25. The molecule has 122 valence electrons. The maximum Gasteiger partial charge on any atom is 0.263 e. The van der Waals surface area contributed by atoms with E-state index in [1.165, 1.54) is 11.3 Å². The largest absolute Gasteiger partial charge is 0.350 e. The first-order valence-corrected chi connectivity index (χ1v) is 8.20. The van der Waals surface area contributed by atoms with Gasteiger partial charge in [0.05, 0.1) is 12.2 Å². The van der Waals surface area contributed by atoms with Crippen LogP contribution in [0.1, 0.15) is 36.1 Å². The van der Waals surface area contributed by atoms with Crippen molar-refractivity contribution in [1.82, 2.24) is 15.6 Å². The molecule has 0 aliphatic heterocycles. The van der Waals surface area contributed by atoms with E-state index in [-0.39, 0.29) is 23.9 Å². The van der Waals surface area contributed by atoms with Gasteiger partial charge in [-0.15, -0.1) is 11.3 Å². The van der Waals surface area contributed by atoms with Crippen LogP contribution in [0.5, 0.6) is 0 Å². The highest BCUT2D eigenvalue weighted by molar-refractivity contribution is 7.17. The molecule has 0 saturated carbocycles. The fourth-order valence-corrected chi connectivity index (χ4v) is 3.00. The Labute approximate surface area is 140 Å². The molecule has 0 aliphatic rings. The van der Waals surface area contributed by atoms with Crippen LogP contribution in [0.15, 0.2) is 30.3 Å². The molecule has 5 nitrogen and oxygen atoms in total. The van der Waals surface area contributed by atoms with Crippen LogP contribution >= 0.6 is 11.3 Å². The molecule has 2 aromatic rings. The maximum atomic E-state index is 12.3. The van der Waals surface area contributed by atoms with Crippen molar-refractivity contribution in [2.75, 3.05) is 6.54 Å². The van der Waals surface area contributed by atoms with Gasteiger partial charge in [-0.1, -0.05) is 30.3 Å². The smallest absolute Gasteiger partial charge is 0.263 e. The van der Waals surface area contributed by atoms with Gasteiger partial charge in [-0.2, -0.15) is 0 Å². The Bertz CT molecular complexity index is 702. The van der Waals surface area contributed by atoms with Crippen molar-refractivity contribution in [1.29, 1.82) is 0 Å². The number of nitrogens with zero attached hydrogens (tertiary/aromatic N) is 1. The molecule has 0 spiro atoms. The molecule has 1 aromatic carbocycles. The predicted molar refractivity (Wildman–Crippen MR) is 92.5 cm³/mol. The number of hydrogen-bond acceptors (Lipinski definition) is 4. The van der Waals surface area contributed by atoms with Gasteiger partial charge >= 0.3 is 0 Å². The molecule has 6 heteroatoms. The van der Waals surface area contributed by atoms with Gasteiger partial charge in [-0.3, -0.25) is 9.59 Å². The zero-order chi connectivity index (χ0) is 17.0. The van der Waals surface area contributed by atoms with E-state index in [4.69, 9.17) is 0 Å². The second kappa shape index (κ2) is 6.91. The number of aromatic nitrogens is 1. The number of benzene rings is 1. The molecule has 0 saturated heterocycles. The summed E-state index contributed by atoms with van der Waals surface area (Å²) in [4.78, 5) is 29.0.